The summed E-state index contributed by atoms with van der Waals surface area (Å²) in [5.41, 5.74) is 0.597. The molecule has 2 aromatic carbocycles. The molecule has 0 atom stereocenters. The molecule has 5 nitrogen and oxygen atoms in total. The van der Waals surface area contributed by atoms with Crippen LogP contribution in [0.1, 0.15) is 15.9 Å². The topological polar surface area (TPSA) is 86.6 Å². The highest BCUT2D eigenvalue weighted by Gasteiger charge is 2.15. The fourth-order valence-electron chi connectivity index (χ4n) is 1.86. The first-order valence-corrected chi connectivity index (χ1v) is 6.44. The Labute approximate surface area is 125 Å². The highest BCUT2D eigenvalue weighted by Crippen LogP contribution is 2.26. The van der Waals surface area contributed by atoms with Crippen molar-refractivity contribution in [2.45, 2.75) is 6.42 Å². The second kappa shape index (κ2) is 6.28. The number of phenolic OH excluding ortho intramolecular Hbond substituents is 1. The van der Waals surface area contributed by atoms with Crippen molar-refractivity contribution in [3.05, 3.63) is 58.6 Å². The number of carbonyl (C=O) groups excluding carboxylic acids is 1. The largest absolute Gasteiger partial charge is 0.508 e. The third-order valence-electron chi connectivity index (χ3n) is 2.78. The highest BCUT2D eigenvalue weighted by atomic mass is 35.5. The molecular weight excluding hydrogens is 294 g/mol. The molecule has 3 N–H and O–H groups in total. The fraction of sp³-hybridized carbons (Fsp3) is 0.0667. The molecule has 0 heterocycles. The molecule has 0 saturated heterocycles. The average Bonchev–Trinajstić information content (AvgIpc) is 2.40. The van der Waals surface area contributed by atoms with E-state index in [1.54, 1.807) is 12.1 Å². The number of hydrogen-bond acceptors (Lipinski definition) is 3. The average molecular weight is 306 g/mol. The van der Waals surface area contributed by atoms with E-state index in [2.05, 4.69) is 5.32 Å². The molecular formula is C15H12ClNO4. The zero-order valence-corrected chi connectivity index (χ0v) is 11.6. The summed E-state index contributed by atoms with van der Waals surface area (Å²) in [5, 5.41) is 21.1. The summed E-state index contributed by atoms with van der Waals surface area (Å²) in [7, 11) is 0. The maximum absolute atomic E-state index is 12.0. The van der Waals surface area contributed by atoms with Gasteiger partial charge >= 0.3 is 5.97 Å². The number of rotatable bonds is 4. The van der Waals surface area contributed by atoms with Gasteiger partial charge in [0.25, 0.3) is 0 Å². The minimum atomic E-state index is -1.18. The van der Waals surface area contributed by atoms with Crippen LogP contribution in [-0.2, 0) is 11.2 Å². The number of hydrogen-bond donors (Lipinski definition) is 3. The first-order chi connectivity index (χ1) is 9.97. The van der Waals surface area contributed by atoms with Gasteiger partial charge in [-0.15, -0.1) is 0 Å². The minimum absolute atomic E-state index is 0.00131. The number of phenols is 1. The molecule has 2 aromatic rings. The number of benzene rings is 2. The molecule has 0 aliphatic heterocycles. The summed E-state index contributed by atoms with van der Waals surface area (Å²) in [6.45, 7) is 0. The number of anilines is 1. The van der Waals surface area contributed by atoms with Gasteiger partial charge in [-0.05, 0) is 29.8 Å². The van der Waals surface area contributed by atoms with E-state index in [0.717, 1.165) is 0 Å². The smallest absolute Gasteiger partial charge is 0.337 e. The molecule has 0 unspecified atom stereocenters. The van der Waals surface area contributed by atoms with Crippen LogP contribution in [0, 0.1) is 0 Å². The van der Waals surface area contributed by atoms with E-state index < -0.39 is 11.9 Å². The number of aromatic hydroxyl groups is 1. The van der Waals surface area contributed by atoms with Crippen LogP contribution in [0.25, 0.3) is 0 Å². The molecule has 0 aromatic heterocycles. The summed E-state index contributed by atoms with van der Waals surface area (Å²) >= 11 is 5.93. The van der Waals surface area contributed by atoms with Crippen molar-refractivity contribution >= 4 is 29.2 Å². The Morgan fingerprint density at radius 3 is 2.52 bits per heavy atom. The van der Waals surface area contributed by atoms with Crippen LogP contribution in [0.2, 0.25) is 5.02 Å². The van der Waals surface area contributed by atoms with Crippen LogP contribution in [0.15, 0.2) is 42.5 Å². The molecule has 2 rings (SSSR count). The molecule has 0 radical (unpaired) electrons. The lowest BCUT2D eigenvalue weighted by atomic mass is 10.1. The third kappa shape index (κ3) is 3.73. The molecule has 21 heavy (non-hydrogen) atoms. The van der Waals surface area contributed by atoms with Crippen LogP contribution >= 0.6 is 11.6 Å². The quantitative estimate of drug-likeness (QED) is 0.810. The van der Waals surface area contributed by atoms with E-state index in [4.69, 9.17) is 16.7 Å². The van der Waals surface area contributed by atoms with Gasteiger partial charge in [-0.25, -0.2) is 4.79 Å². The first-order valence-electron chi connectivity index (χ1n) is 6.07. The summed E-state index contributed by atoms with van der Waals surface area (Å²) in [4.78, 5) is 23.1. The number of carboxylic acid groups (broad SMARTS) is 1. The van der Waals surface area contributed by atoms with E-state index in [9.17, 15) is 14.7 Å². The van der Waals surface area contributed by atoms with Gasteiger partial charge in [-0.3, -0.25) is 4.79 Å². The first kappa shape index (κ1) is 14.9. The Balaban J connectivity index is 2.18. The lowest BCUT2D eigenvalue weighted by Gasteiger charge is -2.10. The van der Waals surface area contributed by atoms with Gasteiger partial charge in [0.2, 0.25) is 5.91 Å². The molecule has 108 valence electrons. The summed E-state index contributed by atoms with van der Waals surface area (Å²) in [6, 6.07) is 10.6. The summed E-state index contributed by atoms with van der Waals surface area (Å²) in [6.07, 6.45) is -0.00131. The second-order valence-corrected chi connectivity index (χ2v) is 4.77. The van der Waals surface area contributed by atoms with Gasteiger partial charge in [-0.1, -0.05) is 29.8 Å². The van der Waals surface area contributed by atoms with Gasteiger partial charge in [0, 0.05) is 0 Å². The highest BCUT2D eigenvalue weighted by molar-refractivity contribution is 6.34. The van der Waals surface area contributed by atoms with Gasteiger partial charge in [0.15, 0.2) is 0 Å². The third-order valence-corrected chi connectivity index (χ3v) is 3.10. The maximum atomic E-state index is 12.0. The number of carbonyl (C=O) groups is 2. The van der Waals surface area contributed by atoms with E-state index in [-0.39, 0.29) is 28.4 Å². The number of para-hydroxylation sites is 1. The van der Waals surface area contributed by atoms with Crippen molar-refractivity contribution in [2.24, 2.45) is 0 Å². The SMILES string of the molecule is O=C(Cc1cccc(O)c1)Nc1c(Cl)cccc1C(=O)O. The monoisotopic (exact) mass is 305 g/mol. The van der Waals surface area contributed by atoms with Gasteiger partial charge in [-0.2, -0.15) is 0 Å². The molecule has 0 spiro atoms. The van der Waals surface area contributed by atoms with Crippen molar-refractivity contribution in [1.29, 1.82) is 0 Å². The van der Waals surface area contributed by atoms with Crippen LogP contribution in [0.3, 0.4) is 0 Å². The van der Waals surface area contributed by atoms with Gasteiger partial charge in [0.05, 0.1) is 22.7 Å². The number of amides is 1. The molecule has 6 heteroatoms. The Hall–Kier alpha value is -2.53. The predicted octanol–water partition coefficient (Wildman–Crippen LogP) is 2.92. The van der Waals surface area contributed by atoms with Crippen LogP contribution in [0.4, 0.5) is 5.69 Å². The number of nitrogens with one attached hydrogen (secondary N) is 1. The standard InChI is InChI=1S/C15H12ClNO4/c16-12-6-2-5-11(15(20)21)14(12)17-13(19)8-9-3-1-4-10(18)7-9/h1-7,18H,8H2,(H,17,19)(H,20,21). The molecule has 0 saturated carbocycles. The van der Waals surface area contributed by atoms with Gasteiger partial charge < -0.3 is 15.5 Å². The number of carboxylic acids is 1. The molecule has 0 aliphatic rings. The molecule has 0 bridgehead atoms. The predicted molar refractivity (Wildman–Crippen MR) is 78.9 cm³/mol. The lowest BCUT2D eigenvalue weighted by molar-refractivity contribution is -0.115. The van der Waals surface area contributed by atoms with E-state index >= 15 is 0 Å². The molecule has 0 fully saturated rings. The fourth-order valence-corrected chi connectivity index (χ4v) is 2.09. The van der Waals surface area contributed by atoms with Gasteiger partial charge in [0.1, 0.15) is 5.75 Å². The summed E-state index contributed by atoms with van der Waals surface area (Å²) in [5.74, 6) is -1.54. The lowest BCUT2D eigenvalue weighted by Crippen LogP contribution is -2.17. The second-order valence-electron chi connectivity index (χ2n) is 4.36. The zero-order valence-electron chi connectivity index (χ0n) is 10.8. The normalized spacial score (nSPS) is 10.1. The van der Waals surface area contributed by atoms with E-state index in [1.807, 2.05) is 0 Å². The summed E-state index contributed by atoms with van der Waals surface area (Å²) < 4.78 is 0. The van der Waals surface area contributed by atoms with Crippen LogP contribution in [-0.4, -0.2) is 22.1 Å². The number of aromatic carboxylic acids is 1. The van der Waals surface area contributed by atoms with Crippen molar-refractivity contribution in [3.63, 3.8) is 0 Å². The van der Waals surface area contributed by atoms with Crippen molar-refractivity contribution in [1.82, 2.24) is 0 Å². The maximum Gasteiger partial charge on any atom is 0.337 e. The molecule has 0 aliphatic carbocycles. The Morgan fingerprint density at radius 2 is 1.86 bits per heavy atom. The van der Waals surface area contributed by atoms with Crippen molar-refractivity contribution < 1.29 is 19.8 Å². The van der Waals surface area contributed by atoms with Crippen LogP contribution < -0.4 is 5.32 Å². The Bertz CT molecular complexity index is 700. The number of halogens is 1. The van der Waals surface area contributed by atoms with E-state index in [1.165, 1.54) is 30.3 Å². The zero-order chi connectivity index (χ0) is 15.4. The molecule has 1 amide bonds. The van der Waals surface area contributed by atoms with Crippen molar-refractivity contribution in [2.75, 3.05) is 5.32 Å². The Kier molecular flexibility index (Phi) is 4.45. The van der Waals surface area contributed by atoms with Crippen LogP contribution in [0.5, 0.6) is 5.75 Å². The van der Waals surface area contributed by atoms with E-state index in [0.29, 0.717) is 5.56 Å². The minimum Gasteiger partial charge on any atom is -0.508 e. The van der Waals surface area contributed by atoms with Crippen molar-refractivity contribution in [3.8, 4) is 5.75 Å². The Morgan fingerprint density at radius 1 is 1.14 bits per heavy atom.